The van der Waals surface area contributed by atoms with Gasteiger partial charge in [0.25, 0.3) is 0 Å². The third-order valence-electron chi connectivity index (χ3n) is 3.46. The summed E-state index contributed by atoms with van der Waals surface area (Å²) in [5.41, 5.74) is 0.716. The molecule has 0 aliphatic heterocycles. The number of aliphatic imine (C=N–C) groups is 1. The van der Waals surface area contributed by atoms with Gasteiger partial charge in [0.1, 0.15) is 5.82 Å². The van der Waals surface area contributed by atoms with E-state index in [1.165, 1.54) is 18.9 Å². The molecule has 0 aromatic heterocycles. The second kappa shape index (κ2) is 8.62. The van der Waals surface area contributed by atoms with Crippen LogP contribution < -0.4 is 10.6 Å². The molecular weight excluding hydrogens is 269 g/mol. The first-order valence-electron chi connectivity index (χ1n) is 7.55. The van der Waals surface area contributed by atoms with Crippen molar-refractivity contribution in [2.75, 3.05) is 33.4 Å². The minimum atomic E-state index is -0.157. The monoisotopic (exact) mass is 293 g/mol. The van der Waals surface area contributed by atoms with Crippen LogP contribution in [0.5, 0.6) is 0 Å². The Morgan fingerprint density at radius 1 is 1.29 bits per heavy atom. The maximum absolute atomic E-state index is 13.5. The molecule has 2 N–H and O–H groups in total. The SMILES string of the molecule is CN=C(NCCOCC1CC1)NCCc1ccccc1F. The average molecular weight is 293 g/mol. The van der Waals surface area contributed by atoms with Crippen molar-refractivity contribution in [3.8, 4) is 0 Å². The summed E-state index contributed by atoms with van der Waals surface area (Å²) in [5.74, 6) is 1.36. The molecule has 0 bridgehead atoms. The summed E-state index contributed by atoms with van der Waals surface area (Å²) in [6.07, 6.45) is 3.25. The van der Waals surface area contributed by atoms with E-state index < -0.39 is 0 Å². The molecule has 0 radical (unpaired) electrons. The van der Waals surface area contributed by atoms with Crippen molar-refractivity contribution in [2.45, 2.75) is 19.3 Å². The van der Waals surface area contributed by atoms with Crippen molar-refractivity contribution in [2.24, 2.45) is 10.9 Å². The largest absolute Gasteiger partial charge is 0.379 e. The Morgan fingerprint density at radius 3 is 2.76 bits per heavy atom. The molecule has 1 aromatic carbocycles. The summed E-state index contributed by atoms with van der Waals surface area (Å²) in [6, 6.07) is 6.84. The number of benzene rings is 1. The number of nitrogens with one attached hydrogen (secondary N) is 2. The molecular formula is C16H24FN3O. The van der Waals surface area contributed by atoms with E-state index in [4.69, 9.17) is 4.74 Å². The van der Waals surface area contributed by atoms with Crippen LogP contribution in [0.3, 0.4) is 0 Å². The van der Waals surface area contributed by atoms with Gasteiger partial charge in [-0.05, 0) is 36.8 Å². The molecule has 1 saturated carbocycles. The minimum Gasteiger partial charge on any atom is -0.379 e. The van der Waals surface area contributed by atoms with E-state index in [9.17, 15) is 4.39 Å². The smallest absolute Gasteiger partial charge is 0.191 e. The predicted molar refractivity (Wildman–Crippen MR) is 83.0 cm³/mol. The molecule has 1 aliphatic rings. The topological polar surface area (TPSA) is 45.7 Å². The van der Waals surface area contributed by atoms with Gasteiger partial charge in [-0.1, -0.05) is 18.2 Å². The van der Waals surface area contributed by atoms with E-state index in [-0.39, 0.29) is 5.82 Å². The third kappa shape index (κ3) is 6.12. The van der Waals surface area contributed by atoms with Crippen molar-refractivity contribution in [3.05, 3.63) is 35.6 Å². The quantitative estimate of drug-likeness (QED) is 0.437. The second-order valence-corrected chi connectivity index (χ2v) is 5.29. The van der Waals surface area contributed by atoms with Gasteiger partial charge in [-0.2, -0.15) is 0 Å². The van der Waals surface area contributed by atoms with Crippen molar-refractivity contribution in [1.29, 1.82) is 0 Å². The van der Waals surface area contributed by atoms with Gasteiger partial charge in [0.2, 0.25) is 0 Å². The zero-order chi connectivity index (χ0) is 14.9. The van der Waals surface area contributed by atoms with Crippen LogP contribution in [0, 0.1) is 11.7 Å². The van der Waals surface area contributed by atoms with Crippen LogP contribution in [0.4, 0.5) is 4.39 Å². The van der Waals surface area contributed by atoms with Gasteiger partial charge in [-0.3, -0.25) is 4.99 Å². The highest BCUT2D eigenvalue weighted by molar-refractivity contribution is 5.79. The molecule has 116 valence electrons. The molecule has 0 unspecified atom stereocenters. The summed E-state index contributed by atoms with van der Waals surface area (Å²) in [5, 5.41) is 6.36. The maximum Gasteiger partial charge on any atom is 0.191 e. The summed E-state index contributed by atoms with van der Waals surface area (Å²) in [6.45, 7) is 2.93. The minimum absolute atomic E-state index is 0.157. The lowest BCUT2D eigenvalue weighted by atomic mass is 10.1. The van der Waals surface area contributed by atoms with E-state index in [0.717, 1.165) is 25.0 Å². The number of hydrogen-bond acceptors (Lipinski definition) is 2. The fraction of sp³-hybridized carbons (Fsp3) is 0.562. The number of rotatable bonds is 8. The van der Waals surface area contributed by atoms with E-state index >= 15 is 0 Å². The number of ether oxygens (including phenoxy) is 1. The first kappa shape index (κ1) is 15.8. The average Bonchev–Trinajstić information content (AvgIpc) is 3.31. The van der Waals surface area contributed by atoms with E-state index in [1.807, 2.05) is 6.07 Å². The fourth-order valence-corrected chi connectivity index (χ4v) is 2.01. The predicted octanol–water partition coefficient (Wildman–Crippen LogP) is 1.96. The highest BCUT2D eigenvalue weighted by Gasteiger charge is 2.20. The first-order chi connectivity index (χ1) is 10.3. The Morgan fingerprint density at radius 2 is 2.05 bits per heavy atom. The lowest BCUT2D eigenvalue weighted by Gasteiger charge is -2.12. The van der Waals surface area contributed by atoms with Gasteiger partial charge in [0, 0.05) is 26.7 Å². The van der Waals surface area contributed by atoms with Crippen LogP contribution in [0.2, 0.25) is 0 Å². The number of guanidine groups is 1. The fourth-order valence-electron chi connectivity index (χ4n) is 2.01. The molecule has 1 fully saturated rings. The van der Waals surface area contributed by atoms with Gasteiger partial charge in [-0.15, -0.1) is 0 Å². The van der Waals surface area contributed by atoms with Gasteiger partial charge in [-0.25, -0.2) is 4.39 Å². The molecule has 1 aromatic rings. The van der Waals surface area contributed by atoms with Crippen molar-refractivity contribution >= 4 is 5.96 Å². The molecule has 21 heavy (non-hydrogen) atoms. The number of nitrogens with zero attached hydrogens (tertiary/aromatic N) is 1. The van der Waals surface area contributed by atoms with E-state index in [0.29, 0.717) is 25.1 Å². The normalized spacial score (nSPS) is 15.0. The van der Waals surface area contributed by atoms with E-state index in [1.54, 1.807) is 19.2 Å². The van der Waals surface area contributed by atoms with Crippen molar-refractivity contribution in [1.82, 2.24) is 10.6 Å². The zero-order valence-corrected chi connectivity index (χ0v) is 12.6. The molecule has 1 aliphatic carbocycles. The van der Waals surface area contributed by atoms with Crippen LogP contribution in [0.1, 0.15) is 18.4 Å². The second-order valence-electron chi connectivity index (χ2n) is 5.29. The summed E-state index contributed by atoms with van der Waals surface area (Å²) in [7, 11) is 1.73. The van der Waals surface area contributed by atoms with Crippen LogP contribution in [-0.4, -0.2) is 39.3 Å². The van der Waals surface area contributed by atoms with E-state index in [2.05, 4.69) is 15.6 Å². The maximum atomic E-state index is 13.5. The van der Waals surface area contributed by atoms with Crippen molar-refractivity contribution < 1.29 is 9.13 Å². The Bertz CT molecular complexity index is 461. The van der Waals surface area contributed by atoms with Crippen LogP contribution in [-0.2, 0) is 11.2 Å². The standard InChI is InChI=1S/C16H24FN3O/c1-18-16(20-10-11-21-12-13-6-7-13)19-9-8-14-4-2-3-5-15(14)17/h2-5,13H,6-12H2,1H3,(H2,18,19,20). The first-order valence-corrected chi connectivity index (χ1v) is 7.55. The summed E-state index contributed by atoms with van der Waals surface area (Å²) >= 11 is 0. The van der Waals surface area contributed by atoms with Crippen LogP contribution in [0.15, 0.2) is 29.3 Å². The Kier molecular flexibility index (Phi) is 6.47. The molecule has 0 amide bonds. The lowest BCUT2D eigenvalue weighted by Crippen LogP contribution is -2.39. The highest BCUT2D eigenvalue weighted by Crippen LogP contribution is 2.28. The number of hydrogen-bond donors (Lipinski definition) is 2. The highest BCUT2D eigenvalue weighted by atomic mass is 19.1. The van der Waals surface area contributed by atoms with Crippen LogP contribution in [0.25, 0.3) is 0 Å². The third-order valence-corrected chi connectivity index (χ3v) is 3.46. The Balaban J connectivity index is 1.57. The Hall–Kier alpha value is -1.62. The van der Waals surface area contributed by atoms with Gasteiger partial charge < -0.3 is 15.4 Å². The molecule has 5 heteroatoms. The molecule has 0 saturated heterocycles. The Labute approximate surface area is 125 Å². The zero-order valence-electron chi connectivity index (χ0n) is 12.6. The molecule has 0 heterocycles. The van der Waals surface area contributed by atoms with Gasteiger partial charge in [0.15, 0.2) is 5.96 Å². The summed E-state index contributed by atoms with van der Waals surface area (Å²) in [4.78, 5) is 4.13. The van der Waals surface area contributed by atoms with Gasteiger partial charge >= 0.3 is 0 Å². The van der Waals surface area contributed by atoms with Crippen molar-refractivity contribution in [3.63, 3.8) is 0 Å². The summed E-state index contributed by atoms with van der Waals surface area (Å²) < 4.78 is 19.0. The molecule has 0 atom stereocenters. The number of halogens is 1. The lowest BCUT2D eigenvalue weighted by molar-refractivity contribution is 0.129. The van der Waals surface area contributed by atoms with Crippen LogP contribution >= 0.6 is 0 Å². The van der Waals surface area contributed by atoms with Gasteiger partial charge in [0.05, 0.1) is 6.61 Å². The molecule has 2 rings (SSSR count). The molecule has 4 nitrogen and oxygen atoms in total. The molecule has 0 spiro atoms.